The molecule has 1 aromatic carbocycles. The van der Waals surface area contributed by atoms with Crippen LogP contribution in [0.2, 0.25) is 0 Å². The van der Waals surface area contributed by atoms with Crippen LogP contribution < -0.4 is 5.73 Å². The molecular weight excluding hydrogens is 236 g/mol. The van der Waals surface area contributed by atoms with Gasteiger partial charge in [-0.05, 0) is 37.0 Å². The molecule has 1 aliphatic rings. The van der Waals surface area contributed by atoms with E-state index >= 15 is 0 Å². The highest BCUT2D eigenvalue weighted by atomic mass is 32.2. The molecule has 1 heterocycles. The molecule has 0 aliphatic heterocycles. The number of nitrogen functional groups attached to an aromatic ring is 1. The zero-order chi connectivity index (χ0) is 11.8. The van der Waals surface area contributed by atoms with Gasteiger partial charge >= 0.3 is 0 Å². The Hall–Kier alpha value is -1.36. The number of fused-ring (bicyclic) bond motifs is 1. The molecule has 1 atom stereocenters. The lowest BCUT2D eigenvalue weighted by Crippen LogP contribution is -2.18. The van der Waals surface area contributed by atoms with Crippen LogP contribution in [0.3, 0.4) is 0 Å². The Morgan fingerprint density at radius 1 is 1.47 bits per heavy atom. The second kappa shape index (κ2) is 4.14. The predicted octanol–water partition coefficient (Wildman–Crippen LogP) is 2.32. The molecule has 4 nitrogen and oxygen atoms in total. The summed E-state index contributed by atoms with van der Waals surface area (Å²) in [5.41, 5.74) is 7.64. The van der Waals surface area contributed by atoms with Gasteiger partial charge in [0.1, 0.15) is 16.3 Å². The molecular formula is C12H14N2O2S. The molecule has 1 aromatic heterocycles. The van der Waals surface area contributed by atoms with Crippen LogP contribution in [-0.2, 0) is 10.8 Å². The van der Waals surface area contributed by atoms with Crippen molar-refractivity contribution in [1.29, 1.82) is 0 Å². The number of anilines is 1. The van der Waals surface area contributed by atoms with E-state index in [1.807, 2.05) is 0 Å². The van der Waals surface area contributed by atoms with Gasteiger partial charge in [0.15, 0.2) is 5.58 Å². The van der Waals surface area contributed by atoms with Gasteiger partial charge in [0.05, 0.1) is 0 Å². The Labute approximate surface area is 102 Å². The van der Waals surface area contributed by atoms with E-state index in [1.54, 1.807) is 18.2 Å². The number of nitrogens with zero attached hydrogens (tertiary/aromatic N) is 1. The third kappa shape index (κ3) is 2.07. The molecule has 3 rings (SSSR count). The van der Waals surface area contributed by atoms with Crippen LogP contribution in [0.1, 0.15) is 19.3 Å². The highest BCUT2D eigenvalue weighted by Gasteiger charge is 2.23. The summed E-state index contributed by atoms with van der Waals surface area (Å²) in [6, 6.07) is 5.26. The summed E-state index contributed by atoms with van der Waals surface area (Å²) in [7, 11) is -1.12. The first-order valence-electron chi connectivity index (χ1n) is 5.77. The third-order valence-electron chi connectivity index (χ3n) is 3.20. The van der Waals surface area contributed by atoms with Crippen LogP contribution in [0, 0.1) is 5.92 Å². The van der Waals surface area contributed by atoms with Gasteiger partial charge in [-0.15, -0.1) is 0 Å². The number of hydrogen-bond acceptors (Lipinski definition) is 4. The van der Waals surface area contributed by atoms with E-state index in [0.717, 1.165) is 0 Å². The Morgan fingerprint density at radius 2 is 2.29 bits per heavy atom. The van der Waals surface area contributed by atoms with Crippen molar-refractivity contribution in [1.82, 2.24) is 4.98 Å². The summed E-state index contributed by atoms with van der Waals surface area (Å²) in [6.45, 7) is 0. The molecule has 1 aliphatic carbocycles. The number of rotatable bonds is 3. The second-order valence-corrected chi connectivity index (χ2v) is 5.89. The van der Waals surface area contributed by atoms with Crippen molar-refractivity contribution in [3.63, 3.8) is 0 Å². The minimum absolute atomic E-state index is 0.331. The first-order valence-corrected chi connectivity index (χ1v) is 7.09. The minimum Gasteiger partial charge on any atom is -0.430 e. The number of nitrogens with two attached hydrogens (primary N) is 1. The van der Waals surface area contributed by atoms with Gasteiger partial charge in [-0.3, -0.25) is 0 Å². The first kappa shape index (κ1) is 10.8. The minimum atomic E-state index is -1.12. The maximum Gasteiger partial charge on any atom is 0.287 e. The van der Waals surface area contributed by atoms with Crippen LogP contribution in [0.4, 0.5) is 5.69 Å². The van der Waals surface area contributed by atoms with Crippen molar-refractivity contribution in [3.05, 3.63) is 18.2 Å². The van der Waals surface area contributed by atoms with Gasteiger partial charge in [0.25, 0.3) is 5.22 Å². The van der Waals surface area contributed by atoms with Crippen molar-refractivity contribution in [2.24, 2.45) is 5.92 Å². The fourth-order valence-electron chi connectivity index (χ4n) is 1.97. The van der Waals surface area contributed by atoms with Crippen molar-refractivity contribution in [2.75, 3.05) is 11.5 Å². The summed E-state index contributed by atoms with van der Waals surface area (Å²) < 4.78 is 17.5. The van der Waals surface area contributed by atoms with Crippen molar-refractivity contribution >= 4 is 27.6 Å². The molecule has 17 heavy (non-hydrogen) atoms. The standard InChI is InChI=1S/C12H14N2O2S/c13-9-4-5-11-10(6-9)14-12(16-11)17(15)7-8-2-1-3-8/h4-6,8H,1-3,7,13H2. The molecule has 0 spiro atoms. The molecule has 5 heteroatoms. The summed E-state index contributed by atoms with van der Waals surface area (Å²) in [6.07, 6.45) is 3.61. The molecule has 0 bridgehead atoms. The quantitative estimate of drug-likeness (QED) is 0.849. The lowest BCUT2D eigenvalue weighted by Gasteiger charge is -2.23. The molecule has 0 saturated heterocycles. The van der Waals surface area contributed by atoms with E-state index in [0.29, 0.717) is 33.7 Å². The van der Waals surface area contributed by atoms with Gasteiger partial charge < -0.3 is 10.2 Å². The normalized spacial score (nSPS) is 18.1. The molecule has 0 radical (unpaired) electrons. The smallest absolute Gasteiger partial charge is 0.287 e. The lowest BCUT2D eigenvalue weighted by molar-refractivity contribution is 0.348. The summed E-state index contributed by atoms with van der Waals surface area (Å²) in [5.74, 6) is 1.25. The molecule has 2 N–H and O–H groups in total. The van der Waals surface area contributed by atoms with Crippen molar-refractivity contribution in [3.8, 4) is 0 Å². The van der Waals surface area contributed by atoms with Crippen LogP contribution in [0.25, 0.3) is 11.1 Å². The fraction of sp³-hybridized carbons (Fsp3) is 0.417. The van der Waals surface area contributed by atoms with E-state index in [1.165, 1.54) is 19.3 Å². The topological polar surface area (TPSA) is 69.1 Å². The average Bonchev–Trinajstić information content (AvgIpc) is 2.65. The maximum absolute atomic E-state index is 12.0. The van der Waals surface area contributed by atoms with Gasteiger partial charge in [0, 0.05) is 11.4 Å². The number of benzene rings is 1. The average molecular weight is 250 g/mol. The van der Waals surface area contributed by atoms with Gasteiger partial charge in [-0.1, -0.05) is 6.42 Å². The number of oxazole rings is 1. The molecule has 90 valence electrons. The van der Waals surface area contributed by atoms with Crippen molar-refractivity contribution < 1.29 is 8.63 Å². The number of hydrogen-bond donors (Lipinski definition) is 1. The second-order valence-electron chi connectivity index (χ2n) is 4.52. The van der Waals surface area contributed by atoms with E-state index in [2.05, 4.69) is 4.98 Å². The van der Waals surface area contributed by atoms with Crippen LogP contribution in [0.5, 0.6) is 0 Å². The third-order valence-corrected chi connectivity index (χ3v) is 4.54. The molecule has 2 aromatic rings. The Morgan fingerprint density at radius 3 is 3.00 bits per heavy atom. The number of aromatic nitrogens is 1. The van der Waals surface area contributed by atoms with Gasteiger partial charge in [-0.25, -0.2) is 9.19 Å². The Kier molecular flexibility index (Phi) is 2.63. The SMILES string of the molecule is Nc1ccc2oc(S(=O)CC3CCC3)nc2c1. The molecule has 0 amide bonds. The molecule has 1 fully saturated rings. The highest BCUT2D eigenvalue weighted by Crippen LogP contribution is 2.29. The summed E-state index contributed by atoms with van der Waals surface area (Å²) in [4.78, 5) is 4.24. The molecule has 1 saturated carbocycles. The van der Waals surface area contributed by atoms with Crippen LogP contribution >= 0.6 is 0 Å². The van der Waals surface area contributed by atoms with E-state index < -0.39 is 10.8 Å². The van der Waals surface area contributed by atoms with E-state index in [9.17, 15) is 4.21 Å². The van der Waals surface area contributed by atoms with Gasteiger partial charge in [0.2, 0.25) is 0 Å². The zero-order valence-corrected chi connectivity index (χ0v) is 10.2. The zero-order valence-electron chi connectivity index (χ0n) is 9.39. The van der Waals surface area contributed by atoms with Crippen molar-refractivity contribution in [2.45, 2.75) is 24.5 Å². The Balaban J connectivity index is 1.86. The lowest BCUT2D eigenvalue weighted by atomic mass is 9.87. The summed E-state index contributed by atoms with van der Waals surface area (Å²) in [5, 5.41) is 0.331. The molecule has 1 unspecified atom stereocenters. The Bertz CT molecular complexity index is 575. The highest BCUT2D eigenvalue weighted by molar-refractivity contribution is 7.84. The monoisotopic (exact) mass is 250 g/mol. The first-order chi connectivity index (χ1) is 8.22. The van der Waals surface area contributed by atoms with Crippen LogP contribution in [-0.4, -0.2) is 14.9 Å². The van der Waals surface area contributed by atoms with E-state index in [-0.39, 0.29) is 0 Å². The van der Waals surface area contributed by atoms with E-state index in [4.69, 9.17) is 10.2 Å². The predicted molar refractivity (Wildman–Crippen MR) is 67.0 cm³/mol. The van der Waals surface area contributed by atoms with Gasteiger partial charge in [-0.2, -0.15) is 0 Å². The fourth-order valence-corrected chi connectivity index (χ4v) is 3.25. The van der Waals surface area contributed by atoms with Crippen LogP contribution in [0.15, 0.2) is 27.8 Å². The maximum atomic E-state index is 12.0. The largest absolute Gasteiger partial charge is 0.430 e. The summed E-state index contributed by atoms with van der Waals surface area (Å²) >= 11 is 0.